The van der Waals surface area contributed by atoms with E-state index in [4.69, 9.17) is 0 Å². The van der Waals surface area contributed by atoms with E-state index in [9.17, 15) is 0 Å². The normalized spacial score (nSPS) is 13.5. The quantitative estimate of drug-likeness (QED) is 0.547. The van der Waals surface area contributed by atoms with Crippen molar-refractivity contribution in [3.05, 3.63) is 0 Å². The maximum Gasteiger partial charge on any atom is 0.0533 e. The summed E-state index contributed by atoms with van der Waals surface area (Å²) in [4.78, 5) is 0. The van der Waals surface area contributed by atoms with Gasteiger partial charge in [0.2, 0.25) is 0 Å². The third-order valence-electron chi connectivity index (χ3n) is 4.35. The molecular weight excluding hydrogens is 160 g/mol. The maximum absolute atomic E-state index is 2.56. The molecule has 0 atom stereocenters. The summed E-state index contributed by atoms with van der Waals surface area (Å²) in [6.45, 7) is 14.6. The average Bonchev–Trinajstić information content (AvgIpc) is 2.08. The highest BCUT2D eigenvalue weighted by molar-refractivity contribution is 6.80. The predicted octanol–water partition coefficient (Wildman–Crippen LogP) is 4.69. The average molecular weight is 186 g/mol. The zero-order valence-electron chi connectivity index (χ0n) is 9.83. The summed E-state index contributed by atoms with van der Waals surface area (Å²) in [5.41, 5.74) is 0. The zero-order chi connectivity index (χ0) is 9.83. The van der Waals surface area contributed by atoms with Crippen LogP contribution in [0.25, 0.3) is 0 Å². The van der Waals surface area contributed by atoms with Gasteiger partial charge in [-0.1, -0.05) is 66.1 Å². The van der Waals surface area contributed by atoms with Gasteiger partial charge in [-0.25, -0.2) is 0 Å². The van der Waals surface area contributed by atoms with Crippen LogP contribution in [0.2, 0.25) is 24.2 Å². The molecule has 0 aromatic rings. The summed E-state index contributed by atoms with van der Waals surface area (Å²) >= 11 is 0. The fourth-order valence-corrected chi connectivity index (χ4v) is 6.18. The molecule has 0 aliphatic heterocycles. The van der Waals surface area contributed by atoms with Crippen LogP contribution >= 0.6 is 0 Å². The Morgan fingerprint density at radius 3 is 1.25 bits per heavy atom. The Balaban J connectivity index is 4.69. The van der Waals surface area contributed by atoms with Gasteiger partial charge in [0, 0.05) is 0 Å². The molecule has 0 bridgehead atoms. The molecule has 0 radical (unpaired) electrons. The van der Waals surface area contributed by atoms with Gasteiger partial charge in [-0.05, 0) is 5.04 Å². The van der Waals surface area contributed by atoms with Crippen LogP contribution in [0.4, 0.5) is 0 Å². The molecule has 0 fully saturated rings. The molecule has 0 unspecified atom stereocenters. The van der Waals surface area contributed by atoms with E-state index < -0.39 is 8.07 Å². The van der Waals surface area contributed by atoms with Gasteiger partial charge in [0.05, 0.1) is 8.07 Å². The number of hydrogen-bond acceptors (Lipinski definition) is 0. The lowest BCUT2D eigenvalue weighted by Crippen LogP contribution is -2.40. The number of hydrogen-bond donors (Lipinski definition) is 0. The van der Waals surface area contributed by atoms with Crippen LogP contribution in [0, 0.1) is 0 Å². The van der Waals surface area contributed by atoms with Crippen molar-refractivity contribution in [1.82, 2.24) is 0 Å². The van der Waals surface area contributed by atoms with Crippen molar-refractivity contribution in [2.75, 3.05) is 0 Å². The van der Waals surface area contributed by atoms with E-state index >= 15 is 0 Å². The second-order valence-corrected chi connectivity index (χ2v) is 10.1. The second kappa shape index (κ2) is 4.45. The lowest BCUT2D eigenvalue weighted by Gasteiger charge is -2.44. The summed E-state index contributed by atoms with van der Waals surface area (Å²) in [6, 6.07) is 1.43. The minimum atomic E-state index is -0.957. The monoisotopic (exact) mass is 186 g/mol. The van der Waals surface area contributed by atoms with Crippen molar-refractivity contribution < 1.29 is 0 Å². The summed E-state index contributed by atoms with van der Waals surface area (Å²) in [6.07, 6.45) is 4.15. The Kier molecular flexibility index (Phi) is 4.53. The first kappa shape index (κ1) is 12.2. The van der Waals surface area contributed by atoms with Crippen molar-refractivity contribution in [3.8, 4) is 0 Å². The smallest absolute Gasteiger partial charge is 0.0533 e. The summed E-state index contributed by atoms with van der Waals surface area (Å²) in [7, 11) is -0.957. The minimum Gasteiger partial charge on any atom is -0.0690 e. The topological polar surface area (TPSA) is 0 Å². The lowest BCUT2D eigenvalue weighted by atomic mass is 9.99. The molecule has 0 aliphatic rings. The molecule has 0 nitrogen and oxygen atoms in total. The van der Waals surface area contributed by atoms with Crippen molar-refractivity contribution in [2.45, 2.75) is 71.1 Å². The Morgan fingerprint density at radius 2 is 1.17 bits per heavy atom. The lowest BCUT2D eigenvalue weighted by molar-refractivity contribution is 0.476. The van der Waals surface area contributed by atoms with E-state index in [1.165, 1.54) is 25.3 Å². The molecule has 1 heteroatoms. The molecule has 0 rings (SSSR count). The molecule has 0 aromatic carbocycles. The molecule has 74 valence electrons. The molecule has 0 saturated carbocycles. The molecule has 0 aliphatic carbocycles. The minimum absolute atomic E-state index is 0.710. The highest BCUT2D eigenvalue weighted by Gasteiger charge is 2.40. The van der Waals surface area contributed by atoms with Crippen LogP contribution in [0.15, 0.2) is 0 Å². The van der Waals surface area contributed by atoms with Gasteiger partial charge in [-0.15, -0.1) is 0 Å². The van der Waals surface area contributed by atoms with Crippen LogP contribution in [0.3, 0.4) is 0 Å². The SMILES string of the molecule is CCC(CC)(CC)[Si](C)(C)CC. The molecule has 0 spiro atoms. The second-order valence-electron chi connectivity index (χ2n) is 4.58. The highest BCUT2D eigenvalue weighted by atomic mass is 28.3. The van der Waals surface area contributed by atoms with Gasteiger partial charge in [0.15, 0.2) is 0 Å². The van der Waals surface area contributed by atoms with Crippen LogP contribution < -0.4 is 0 Å². The fraction of sp³-hybridized carbons (Fsp3) is 1.00. The van der Waals surface area contributed by atoms with E-state index in [1.54, 1.807) is 0 Å². The van der Waals surface area contributed by atoms with E-state index in [0.717, 1.165) is 0 Å². The predicted molar refractivity (Wildman–Crippen MR) is 61.5 cm³/mol. The van der Waals surface area contributed by atoms with Gasteiger partial charge < -0.3 is 0 Å². The fourth-order valence-electron chi connectivity index (χ4n) is 2.56. The van der Waals surface area contributed by atoms with Gasteiger partial charge in [0.1, 0.15) is 0 Å². The van der Waals surface area contributed by atoms with Crippen molar-refractivity contribution in [2.24, 2.45) is 0 Å². The Labute approximate surface area is 79.8 Å². The van der Waals surface area contributed by atoms with Crippen molar-refractivity contribution in [1.29, 1.82) is 0 Å². The molecular formula is C11H26Si. The van der Waals surface area contributed by atoms with Crippen molar-refractivity contribution in [3.63, 3.8) is 0 Å². The Bertz CT molecular complexity index is 115. The molecule has 0 saturated heterocycles. The summed E-state index contributed by atoms with van der Waals surface area (Å²) < 4.78 is 0. The van der Waals surface area contributed by atoms with E-state index in [1.807, 2.05) is 0 Å². The third-order valence-corrected chi connectivity index (χ3v) is 10.0. The van der Waals surface area contributed by atoms with Gasteiger partial charge in [0.25, 0.3) is 0 Å². The molecule has 0 heterocycles. The molecule has 0 N–H and O–H groups in total. The van der Waals surface area contributed by atoms with E-state index in [0.29, 0.717) is 5.04 Å². The van der Waals surface area contributed by atoms with Crippen LogP contribution in [-0.4, -0.2) is 8.07 Å². The van der Waals surface area contributed by atoms with Gasteiger partial charge in [-0.3, -0.25) is 0 Å². The Hall–Kier alpha value is 0.217. The van der Waals surface area contributed by atoms with Crippen LogP contribution in [0.5, 0.6) is 0 Å². The Morgan fingerprint density at radius 1 is 0.833 bits per heavy atom. The van der Waals surface area contributed by atoms with E-state index in [-0.39, 0.29) is 0 Å². The first-order chi connectivity index (χ1) is 5.49. The van der Waals surface area contributed by atoms with E-state index in [2.05, 4.69) is 40.8 Å². The molecule has 12 heavy (non-hydrogen) atoms. The standard InChI is InChI=1S/C11H26Si/c1-7-11(8-2,9-3)12(5,6)10-4/h7-10H2,1-6H3. The maximum atomic E-state index is 2.56. The van der Waals surface area contributed by atoms with Gasteiger partial charge in [-0.2, -0.15) is 0 Å². The first-order valence-corrected chi connectivity index (χ1v) is 8.70. The zero-order valence-corrected chi connectivity index (χ0v) is 10.8. The van der Waals surface area contributed by atoms with Crippen LogP contribution in [-0.2, 0) is 0 Å². The summed E-state index contributed by atoms with van der Waals surface area (Å²) in [5.74, 6) is 0. The first-order valence-electron chi connectivity index (χ1n) is 5.49. The largest absolute Gasteiger partial charge is 0.0690 e. The third kappa shape index (κ3) is 1.93. The van der Waals surface area contributed by atoms with Crippen molar-refractivity contribution >= 4 is 8.07 Å². The van der Waals surface area contributed by atoms with Gasteiger partial charge >= 0.3 is 0 Å². The number of rotatable bonds is 5. The summed E-state index contributed by atoms with van der Waals surface area (Å²) in [5, 5.41) is 0.710. The van der Waals surface area contributed by atoms with Crippen LogP contribution in [0.1, 0.15) is 47.0 Å². The molecule has 0 amide bonds. The molecule has 0 aromatic heterocycles. The highest BCUT2D eigenvalue weighted by Crippen LogP contribution is 2.49.